The van der Waals surface area contributed by atoms with Gasteiger partial charge in [0.2, 0.25) is 5.91 Å². The van der Waals surface area contributed by atoms with Crippen molar-refractivity contribution in [3.05, 3.63) is 53.6 Å². The van der Waals surface area contributed by atoms with Gasteiger partial charge in [-0.15, -0.1) is 0 Å². The molecule has 8 heteroatoms. The zero-order chi connectivity index (χ0) is 25.7. The molecule has 0 saturated heterocycles. The van der Waals surface area contributed by atoms with Crippen LogP contribution in [0.3, 0.4) is 0 Å². The molecule has 1 N–H and O–H groups in total. The first-order valence-electron chi connectivity index (χ1n) is 11.9. The molecule has 8 nitrogen and oxygen atoms in total. The van der Waals surface area contributed by atoms with E-state index in [4.69, 9.17) is 9.47 Å². The Morgan fingerprint density at radius 1 is 1.09 bits per heavy atom. The molecule has 0 bridgehead atoms. The van der Waals surface area contributed by atoms with Crippen molar-refractivity contribution < 1.29 is 23.9 Å². The molecule has 188 valence electrons. The van der Waals surface area contributed by atoms with Gasteiger partial charge in [-0.05, 0) is 76.2 Å². The number of benzene rings is 2. The summed E-state index contributed by atoms with van der Waals surface area (Å²) >= 11 is 0. The number of hydrogen-bond acceptors (Lipinski definition) is 6. The lowest BCUT2D eigenvalue weighted by molar-refractivity contribution is -0.117. The van der Waals surface area contributed by atoms with E-state index in [0.717, 1.165) is 22.4 Å². The predicted octanol–water partition coefficient (Wildman–Crippen LogP) is 4.39. The maximum absolute atomic E-state index is 12.5. The normalized spacial score (nSPS) is 17.2. The second kappa shape index (κ2) is 11.4. The quantitative estimate of drug-likeness (QED) is 0.590. The molecule has 0 aliphatic carbocycles. The van der Waals surface area contributed by atoms with Crippen LogP contribution in [-0.2, 0) is 14.3 Å². The minimum absolute atomic E-state index is 0.0603. The number of anilines is 1. The fraction of sp³-hybridized carbons (Fsp3) is 0.444. The first-order chi connectivity index (χ1) is 16.6. The van der Waals surface area contributed by atoms with Gasteiger partial charge in [0.05, 0.1) is 17.7 Å². The number of carbonyl (C=O) groups is 3. The Bertz CT molecular complexity index is 1060. The number of rotatable bonds is 7. The van der Waals surface area contributed by atoms with Crippen LogP contribution >= 0.6 is 0 Å². The van der Waals surface area contributed by atoms with Crippen LogP contribution in [0.5, 0.6) is 0 Å². The first-order valence-corrected chi connectivity index (χ1v) is 11.9. The summed E-state index contributed by atoms with van der Waals surface area (Å²) in [5.74, 6) is -0.419. The van der Waals surface area contributed by atoms with Crippen molar-refractivity contribution >= 4 is 23.7 Å². The van der Waals surface area contributed by atoms with Gasteiger partial charge in [0.15, 0.2) is 0 Å². The van der Waals surface area contributed by atoms with E-state index < -0.39 is 6.09 Å². The third-order valence-corrected chi connectivity index (χ3v) is 5.88. The van der Waals surface area contributed by atoms with Crippen molar-refractivity contribution in [1.82, 2.24) is 10.2 Å². The van der Waals surface area contributed by atoms with Gasteiger partial charge in [-0.1, -0.05) is 24.3 Å². The highest BCUT2D eigenvalue weighted by molar-refractivity contribution is 5.95. The summed E-state index contributed by atoms with van der Waals surface area (Å²) in [6.45, 7) is 8.11. The Balaban J connectivity index is 1.86. The highest BCUT2D eigenvalue weighted by Gasteiger charge is 2.33. The van der Waals surface area contributed by atoms with Crippen molar-refractivity contribution in [1.29, 1.82) is 0 Å². The maximum Gasteiger partial charge on any atom is 0.407 e. The van der Waals surface area contributed by atoms with Crippen LogP contribution in [-0.4, -0.2) is 62.3 Å². The summed E-state index contributed by atoms with van der Waals surface area (Å²) in [6.07, 6.45) is -0.111. The van der Waals surface area contributed by atoms with Crippen LogP contribution in [0.25, 0.3) is 11.1 Å². The summed E-state index contributed by atoms with van der Waals surface area (Å²) < 4.78 is 10.6. The number of nitrogens with zero attached hydrogens (tertiary/aromatic N) is 2. The fourth-order valence-electron chi connectivity index (χ4n) is 4.25. The van der Waals surface area contributed by atoms with Crippen molar-refractivity contribution in [2.45, 2.75) is 52.3 Å². The molecule has 2 atom stereocenters. The van der Waals surface area contributed by atoms with E-state index in [1.807, 2.05) is 56.3 Å². The number of hydrogen-bond donors (Lipinski definition) is 1. The molecule has 0 spiro atoms. The van der Waals surface area contributed by atoms with Gasteiger partial charge >= 0.3 is 12.1 Å². The molecule has 0 radical (unpaired) electrons. The van der Waals surface area contributed by atoms with Crippen molar-refractivity contribution in [3.8, 4) is 11.1 Å². The number of alkyl carbamates (subject to hydrolysis) is 1. The number of fused-ring (bicyclic) bond motifs is 1. The highest BCUT2D eigenvalue weighted by Crippen LogP contribution is 2.39. The van der Waals surface area contributed by atoms with E-state index >= 15 is 0 Å². The summed E-state index contributed by atoms with van der Waals surface area (Å²) in [5, 5.41) is 2.95. The SMILES string of the molecule is CC(=O)N1c2cc(-c3ccc(C(=O)OCCN(C)C)cc3)ccc2[C@H](NC(=O)OC(C)C)C[C@@H]1C. The Morgan fingerprint density at radius 2 is 1.74 bits per heavy atom. The third-order valence-electron chi connectivity index (χ3n) is 5.88. The molecular weight excluding hydrogens is 446 g/mol. The molecule has 0 fully saturated rings. The Morgan fingerprint density at radius 3 is 2.34 bits per heavy atom. The summed E-state index contributed by atoms with van der Waals surface area (Å²) in [5.41, 5.74) is 3.92. The second-order valence-corrected chi connectivity index (χ2v) is 9.41. The van der Waals surface area contributed by atoms with Gasteiger partial charge in [0.1, 0.15) is 6.61 Å². The molecule has 2 aromatic rings. The van der Waals surface area contributed by atoms with Crippen LogP contribution in [0.4, 0.5) is 10.5 Å². The van der Waals surface area contributed by atoms with Gasteiger partial charge < -0.3 is 24.6 Å². The van der Waals surface area contributed by atoms with Crippen LogP contribution in [0.2, 0.25) is 0 Å². The zero-order valence-electron chi connectivity index (χ0n) is 21.3. The van der Waals surface area contributed by atoms with Crippen molar-refractivity contribution in [3.63, 3.8) is 0 Å². The van der Waals surface area contributed by atoms with Crippen LogP contribution in [0.1, 0.15) is 56.1 Å². The van der Waals surface area contributed by atoms with E-state index in [9.17, 15) is 14.4 Å². The number of amides is 2. The number of ether oxygens (including phenoxy) is 2. The summed E-state index contributed by atoms with van der Waals surface area (Å²) in [7, 11) is 3.84. The van der Waals surface area contributed by atoms with E-state index in [1.165, 1.54) is 0 Å². The maximum atomic E-state index is 12.5. The zero-order valence-corrected chi connectivity index (χ0v) is 21.3. The highest BCUT2D eigenvalue weighted by atomic mass is 16.6. The second-order valence-electron chi connectivity index (χ2n) is 9.41. The molecule has 2 aromatic carbocycles. The Hall–Kier alpha value is -3.39. The standard InChI is InChI=1S/C27H35N3O5/c1-17(2)35-27(33)28-24-15-18(3)30(19(4)31)25-16-22(11-12-23(24)25)20-7-9-21(10-8-20)26(32)34-14-13-29(5)6/h7-12,16-18,24H,13-15H2,1-6H3,(H,28,33)/t18-,24+/m0/s1. The van der Waals surface area contributed by atoms with E-state index in [0.29, 0.717) is 25.1 Å². The summed E-state index contributed by atoms with van der Waals surface area (Å²) in [6, 6.07) is 12.7. The molecule has 35 heavy (non-hydrogen) atoms. The number of nitrogens with one attached hydrogen (secondary N) is 1. The lowest BCUT2D eigenvalue weighted by Gasteiger charge is -2.39. The van der Waals surface area contributed by atoms with Gasteiger partial charge in [0, 0.05) is 25.2 Å². The number of carbonyl (C=O) groups excluding carboxylic acids is 3. The summed E-state index contributed by atoms with van der Waals surface area (Å²) in [4.78, 5) is 40.8. The molecule has 1 aliphatic rings. The Labute approximate surface area is 207 Å². The first kappa shape index (κ1) is 26.2. The smallest absolute Gasteiger partial charge is 0.407 e. The lowest BCUT2D eigenvalue weighted by Crippen LogP contribution is -2.45. The number of likely N-dealkylation sites (N-methyl/N-ethyl adjacent to an activating group) is 1. The van der Waals surface area contributed by atoms with Crippen LogP contribution in [0, 0.1) is 0 Å². The van der Waals surface area contributed by atoms with E-state index in [-0.39, 0.29) is 30.1 Å². The molecule has 0 aromatic heterocycles. The van der Waals surface area contributed by atoms with Gasteiger partial charge in [-0.3, -0.25) is 4.79 Å². The lowest BCUT2D eigenvalue weighted by atomic mass is 9.89. The molecule has 1 heterocycles. The predicted molar refractivity (Wildman–Crippen MR) is 135 cm³/mol. The molecular formula is C27H35N3O5. The Kier molecular flexibility index (Phi) is 8.51. The topological polar surface area (TPSA) is 88.2 Å². The molecule has 0 unspecified atom stereocenters. The average molecular weight is 482 g/mol. The van der Waals surface area contributed by atoms with E-state index in [2.05, 4.69) is 5.32 Å². The van der Waals surface area contributed by atoms with Gasteiger partial charge in [-0.25, -0.2) is 9.59 Å². The van der Waals surface area contributed by atoms with Crippen molar-refractivity contribution in [2.24, 2.45) is 0 Å². The van der Waals surface area contributed by atoms with Gasteiger partial charge in [0.25, 0.3) is 0 Å². The minimum Gasteiger partial charge on any atom is -0.461 e. The average Bonchev–Trinajstić information content (AvgIpc) is 2.77. The van der Waals surface area contributed by atoms with Crippen LogP contribution < -0.4 is 10.2 Å². The van der Waals surface area contributed by atoms with Crippen LogP contribution in [0.15, 0.2) is 42.5 Å². The minimum atomic E-state index is -0.475. The molecule has 2 amide bonds. The monoisotopic (exact) mass is 481 g/mol. The van der Waals surface area contributed by atoms with Crippen molar-refractivity contribution in [2.75, 3.05) is 32.1 Å². The largest absolute Gasteiger partial charge is 0.461 e. The molecule has 1 aliphatic heterocycles. The van der Waals surface area contributed by atoms with Gasteiger partial charge in [-0.2, -0.15) is 0 Å². The molecule has 3 rings (SSSR count). The van der Waals surface area contributed by atoms with E-state index in [1.54, 1.807) is 37.8 Å². The fourth-order valence-corrected chi connectivity index (χ4v) is 4.25. The number of esters is 1. The molecule has 0 saturated carbocycles. The third kappa shape index (κ3) is 6.60.